The molecule has 72 valence electrons. The topological polar surface area (TPSA) is 64.3 Å². The zero-order valence-corrected chi connectivity index (χ0v) is 7.73. The molecule has 0 aliphatic heterocycles. The third kappa shape index (κ3) is 3.90. The second-order valence-electron chi connectivity index (χ2n) is 2.86. The molecule has 1 fully saturated rings. The van der Waals surface area contributed by atoms with Gasteiger partial charge in [0.15, 0.2) is 0 Å². The number of nitrogens with two attached hydrogens (primary N) is 1. The Morgan fingerprint density at radius 1 is 1.50 bits per heavy atom. The van der Waals surface area contributed by atoms with Crippen molar-refractivity contribution in [1.29, 1.82) is 0 Å². The number of amides is 1. The maximum Gasteiger partial charge on any atom is 0.248 e. The van der Waals surface area contributed by atoms with Crippen LogP contribution in [0.15, 0.2) is 0 Å². The van der Waals surface area contributed by atoms with E-state index in [1.807, 2.05) is 0 Å². The van der Waals surface area contributed by atoms with E-state index >= 15 is 0 Å². The van der Waals surface area contributed by atoms with Crippen molar-refractivity contribution in [3.63, 3.8) is 0 Å². The summed E-state index contributed by atoms with van der Waals surface area (Å²) in [7, 11) is 0. The van der Waals surface area contributed by atoms with Gasteiger partial charge in [-0.15, -0.1) is 12.4 Å². The predicted molar refractivity (Wildman–Crippen MR) is 47.8 cm³/mol. The first-order valence-corrected chi connectivity index (χ1v) is 3.94. The van der Waals surface area contributed by atoms with Crippen LogP contribution in [-0.4, -0.2) is 18.6 Å². The second-order valence-corrected chi connectivity index (χ2v) is 2.86. The number of carbonyl (C=O) groups is 1. The summed E-state index contributed by atoms with van der Waals surface area (Å²) in [6.45, 7) is -0.0312. The molecule has 1 amide bonds. The Kier molecular flexibility index (Phi) is 6.06. The lowest BCUT2D eigenvalue weighted by molar-refractivity contribution is -0.126. The van der Waals surface area contributed by atoms with Crippen LogP contribution >= 0.6 is 12.4 Å². The van der Waals surface area contributed by atoms with E-state index in [-0.39, 0.29) is 24.9 Å². The monoisotopic (exact) mass is 194 g/mol. The van der Waals surface area contributed by atoms with Crippen LogP contribution in [-0.2, 0) is 9.63 Å². The molecule has 1 rings (SSSR count). The summed E-state index contributed by atoms with van der Waals surface area (Å²) < 4.78 is 0. The number of hydrogen-bond donors (Lipinski definition) is 2. The van der Waals surface area contributed by atoms with E-state index < -0.39 is 0 Å². The highest BCUT2D eigenvalue weighted by atomic mass is 35.5. The molecule has 0 spiro atoms. The van der Waals surface area contributed by atoms with Crippen LogP contribution in [0.2, 0.25) is 0 Å². The minimum Gasteiger partial charge on any atom is -0.351 e. The molecule has 1 aliphatic carbocycles. The van der Waals surface area contributed by atoms with Crippen LogP contribution in [0.25, 0.3) is 0 Å². The van der Waals surface area contributed by atoms with E-state index in [1.54, 1.807) is 0 Å². The van der Waals surface area contributed by atoms with E-state index in [9.17, 15) is 4.79 Å². The maximum atomic E-state index is 10.9. The van der Waals surface area contributed by atoms with Gasteiger partial charge in [0, 0.05) is 6.04 Å². The third-order valence-corrected chi connectivity index (χ3v) is 1.93. The van der Waals surface area contributed by atoms with Crippen molar-refractivity contribution in [3.05, 3.63) is 0 Å². The summed E-state index contributed by atoms with van der Waals surface area (Å²) in [4.78, 5) is 15.1. The first-order chi connectivity index (χ1) is 5.33. The normalized spacial score (nSPS) is 17.1. The maximum absolute atomic E-state index is 10.9. The molecule has 0 heterocycles. The van der Waals surface area contributed by atoms with E-state index in [4.69, 9.17) is 5.90 Å². The standard InChI is InChI=1S/C7H14N2O2.ClH/c8-11-5-7(10)9-6-3-1-2-4-6;/h6H,1-5,8H2,(H,9,10);1H. The number of carbonyl (C=O) groups excluding carboxylic acids is 1. The molecular formula is C7H15ClN2O2. The lowest BCUT2D eigenvalue weighted by Gasteiger charge is -2.10. The minimum atomic E-state index is -0.112. The molecule has 0 unspecified atom stereocenters. The van der Waals surface area contributed by atoms with Crippen LogP contribution in [0.1, 0.15) is 25.7 Å². The molecule has 0 radical (unpaired) electrons. The van der Waals surface area contributed by atoms with Crippen LogP contribution in [0.3, 0.4) is 0 Å². The molecule has 0 saturated heterocycles. The summed E-state index contributed by atoms with van der Waals surface area (Å²) in [5, 5.41) is 2.84. The van der Waals surface area contributed by atoms with Gasteiger partial charge in [-0.1, -0.05) is 12.8 Å². The summed E-state index contributed by atoms with van der Waals surface area (Å²) >= 11 is 0. The number of nitrogens with one attached hydrogen (secondary N) is 1. The molecule has 3 N–H and O–H groups in total. The van der Waals surface area contributed by atoms with Gasteiger partial charge < -0.3 is 5.32 Å². The summed E-state index contributed by atoms with van der Waals surface area (Å²) in [6.07, 6.45) is 4.62. The number of hydrogen-bond acceptors (Lipinski definition) is 3. The van der Waals surface area contributed by atoms with Crippen molar-refractivity contribution >= 4 is 18.3 Å². The summed E-state index contributed by atoms with van der Waals surface area (Å²) in [5.74, 6) is 4.63. The van der Waals surface area contributed by atoms with Crippen molar-refractivity contribution in [3.8, 4) is 0 Å². The predicted octanol–water partition coefficient (Wildman–Crippen LogP) is 0.357. The van der Waals surface area contributed by atoms with Gasteiger partial charge in [-0.3, -0.25) is 9.63 Å². The number of halogens is 1. The zero-order valence-electron chi connectivity index (χ0n) is 6.91. The van der Waals surface area contributed by atoms with Gasteiger partial charge in [-0.2, -0.15) is 0 Å². The Hall–Kier alpha value is -0.320. The molecule has 4 nitrogen and oxygen atoms in total. The first-order valence-electron chi connectivity index (χ1n) is 3.94. The Balaban J connectivity index is 0.00000121. The van der Waals surface area contributed by atoms with Crippen molar-refractivity contribution in [2.75, 3.05) is 6.61 Å². The van der Waals surface area contributed by atoms with Gasteiger partial charge >= 0.3 is 0 Å². The van der Waals surface area contributed by atoms with Crippen molar-refractivity contribution in [1.82, 2.24) is 5.32 Å². The van der Waals surface area contributed by atoms with Crippen LogP contribution < -0.4 is 11.2 Å². The Morgan fingerprint density at radius 2 is 2.08 bits per heavy atom. The van der Waals surface area contributed by atoms with Gasteiger partial charge in [0.25, 0.3) is 0 Å². The SMILES string of the molecule is Cl.NOCC(=O)NC1CCCC1. The minimum absolute atomic E-state index is 0. The van der Waals surface area contributed by atoms with Crippen molar-refractivity contribution in [2.45, 2.75) is 31.7 Å². The first kappa shape index (κ1) is 11.7. The molecule has 0 bridgehead atoms. The zero-order chi connectivity index (χ0) is 8.10. The van der Waals surface area contributed by atoms with Gasteiger partial charge in [0.2, 0.25) is 5.91 Å². The Morgan fingerprint density at radius 3 is 2.58 bits per heavy atom. The van der Waals surface area contributed by atoms with Gasteiger partial charge in [-0.05, 0) is 12.8 Å². The lowest BCUT2D eigenvalue weighted by atomic mass is 10.2. The molecule has 0 aromatic carbocycles. The van der Waals surface area contributed by atoms with Crippen LogP contribution in [0.5, 0.6) is 0 Å². The third-order valence-electron chi connectivity index (χ3n) is 1.93. The highest BCUT2D eigenvalue weighted by Gasteiger charge is 2.16. The number of rotatable bonds is 3. The van der Waals surface area contributed by atoms with Crippen LogP contribution in [0, 0.1) is 0 Å². The molecule has 12 heavy (non-hydrogen) atoms. The largest absolute Gasteiger partial charge is 0.351 e. The second kappa shape index (κ2) is 6.22. The van der Waals surface area contributed by atoms with E-state index in [0.717, 1.165) is 12.8 Å². The molecule has 1 aliphatic rings. The smallest absolute Gasteiger partial charge is 0.248 e. The molecule has 0 aromatic heterocycles. The highest BCUT2D eigenvalue weighted by molar-refractivity contribution is 5.85. The van der Waals surface area contributed by atoms with Gasteiger partial charge in [0.05, 0.1) is 0 Å². The van der Waals surface area contributed by atoms with Crippen molar-refractivity contribution in [2.24, 2.45) is 5.90 Å². The quantitative estimate of drug-likeness (QED) is 0.638. The fourth-order valence-corrected chi connectivity index (χ4v) is 1.42. The van der Waals surface area contributed by atoms with Crippen LogP contribution in [0.4, 0.5) is 0 Å². The van der Waals surface area contributed by atoms with E-state index in [0.29, 0.717) is 6.04 Å². The fourth-order valence-electron chi connectivity index (χ4n) is 1.42. The summed E-state index contributed by atoms with van der Waals surface area (Å²) in [5.41, 5.74) is 0. The molecule has 1 saturated carbocycles. The average molecular weight is 195 g/mol. The molecule has 0 aromatic rings. The van der Waals surface area contributed by atoms with Gasteiger partial charge in [0.1, 0.15) is 6.61 Å². The van der Waals surface area contributed by atoms with E-state index in [2.05, 4.69) is 10.2 Å². The fraction of sp³-hybridized carbons (Fsp3) is 0.857. The van der Waals surface area contributed by atoms with Crippen molar-refractivity contribution < 1.29 is 9.63 Å². The molecular weight excluding hydrogens is 180 g/mol. The Bertz CT molecular complexity index is 137. The summed E-state index contributed by atoms with van der Waals surface area (Å²) in [6, 6.07) is 0.359. The van der Waals surface area contributed by atoms with E-state index in [1.165, 1.54) is 12.8 Å². The molecule has 5 heteroatoms. The highest BCUT2D eigenvalue weighted by Crippen LogP contribution is 2.17. The Labute approximate surface area is 78.2 Å². The molecule has 0 atom stereocenters. The van der Waals surface area contributed by atoms with Gasteiger partial charge in [-0.25, -0.2) is 5.90 Å². The average Bonchev–Trinajstić information content (AvgIpc) is 2.40. The lowest BCUT2D eigenvalue weighted by Crippen LogP contribution is -2.35.